The second-order valence-electron chi connectivity index (χ2n) is 3.94. The van der Waals surface area contributed by atoms with Gasteiger partial charge in [0.1, 0.15) is 0 Å². The van der Waals surface area contributed by atoms with E-state index < -0.39 is 0 Å². The van der Waals surface area contributed by atoms with Crippen molar-refractivity contribution < 1.29 is 0 Å². The van der Waals surface area contributed by atoms with Gasteiger partial charge >= 0.3 is 0 Å². The van der Waals surface area contributed by atoms with Gasteiger partial charge in [-0.05, 0) is 35.4 Å². The Bertz CT molecular complexity index is 120. The molecule has 0 spiro atoms. The van der Waals surface area contributed by atoms with Gasteiger partial charge in [0.15, 0.2) is 0 Å². The molecule has 1 aliphatic heterocycles. The van der Waals surface area contributed by atoms with E-state index in [2.05, 4.69) is 27.0 Å². The van der Waals surface area contributed by atoms with Crippen molar-refractivity contribution in [3.63, 3.8) is 0 Å². The third-order valence-corrected chi connectivity index (χ3v) is 8.59. The van der Waals surface area contributed by atoms with Crippen molar-refractivity contribution in [2.75, 3.05) is 12.0 Å². The van der Waals surface area contributed by atoms with E-state index in [9.17, 15) is 0 Å². The topological polar surface area (TPSA) is 0 Å². The van der Waals surface area contributed by atoms with Crippen LogP contribution in [-0.2, 0) is 0 Å². The fourth-order valence-electron chi connectivity index (χ4n) is 1.85. The molecule has 0 aliphatic carbocycles. The fourth-order valence-corrected chi connectivity index (χ4v) is 5.15. The van der Waals surface area contributed by atoms with Gasteiger partial charge in [0.2, 0.25) is 0 Å². The molecule has 0 N–H and O–H groups in total. The molecule has 0 amide bonds. The van der Waals surface area contributed by atoms with Crippen LogP contribution < -0.4 is 0 Å². The van der Waals surface area contributed by atoms with Gasteiger partial charge in [0.05, 0.1) is 0 Å². The van der Waals surface area contributed by atoms with Crippen LogP contribution in [0.15, 0.2) is 0 Å². The highest BCUT2D eigenvalue weighted by molar-refractivity contribution is 8.34. The monoisotopic (exact) mass is 160 g/mol. The summed E-state index contributed by atoms with van der Waals surface area (Å²) in [5.41, 5.74) is 0. The Morgan fingerprint density at radius 3 is 2.20 bits per heavy atom. The predicted molar refractivity (Wildman–Crippen MR) is 52.2 cm³/mol. The minimum Gasteiger partial charge on any atom is -0.239 e. The van der Waals surface area contributed by atoms with Crippen LogP contribution >= 0.6 is 10.0 Å². The van der Waals surface area contributed by atoms with Gasteiger partial charge in [0, 0.05) is 0 Å². The standard InChI is InChI=1S/C9H20S/c1-8(2)10(4)7-5-6-9(10)3/h8-9H,5-7H2,1-4H3/t9-/m1/s1. The lowest BCUT2D eigenvalue weighted by Crippen LogP contribution is -2.18. The molecule has 0 bridgehead atoms. The van der Waals surface area contributed by atoms with Gasteiger partial charge in [-0.15, -0.1) is 0 Å². The Morgan fingerprint density at radius 2 is 2.00 bits per heavy atom. The molecule has 1 heterocycles. The van der Waals surface area contributed by atoms with Gasteiger partial charge in [-0.2, -0.15) is 0 Å². The predicted octanol–water partition coefficient (Wildman–Crippen LogP) is 3.01. The smallest absolute Gasteiger partial charge is 0.0140 e. The summed E-state index contributed by atoms with van der Waals surface area (Å²) in [6.45, 7) is 7.25. The maximum Gasteiger partial charge on any atom is -0.0140 e. The van der Waals surface area contributed by atoms with Crippen LogP contribution in [0.5, 0.6) is 0 Å². The second kappa shape index (κ2) is 2.77. The van der Waals surface area contributed by atoms with Crippen molar-refractivity contribution >= 4 is 10.0 Å². The highest BCUT2D eigenvalue weighted by Gasteiger charge is 2.32. The lowest BCUT2D eigenvalue weighted by Gasteiger charge is -2.40. The summed E-state index contributed by atoms with van der Waals surface area (Å²) in [6, 6.07) is 0. The summed E-state index contributed by atoms with van der Waals surface area (Å²) in [5.74, 6) is 1.53. The van der Waals surface area contributed by atoms with Gasteiger partial charge in [0.25, 0.3) is 0 Å². The lowest BCUT2D eigenvalue weighted by atomic mass is 10.3. The fraction of sp³-hybridized carbons (Fsp3) is 1.00. The maximum atomic E-state index is 2.54. The van der Waals surface area contributed by atoms with E-state index >= 15 is 0 Å². The molecular formula is C9H20S. The van der Waals surface area contributed by atoms with E-state index in [4.69, 9.17) is 0 Å². The lowest BCUT2D eigenvalue weighted by molar-refractivity contribution is 0.834. The molecule has 0 saturated carbocycles. The van der Waals surface area contributed by atoms with Crippen LogP contribution in [0.1, 0.15) is 33.6 Å². The van der Waals surface area contributed by atoms with E-state index in [0.29, 0.717) is 0 Å². The Hall–Kier alpha value is 0.350. The SMILES string of the molecule is CC(C)S1(C)CCC[C@H]1C. The van der Waals surface area contributed by atoms with Gasteiger partial charge in [-0.1, -0.05) is 20.8 Å². The van der Waals surface area contributed by atoms with Crippen molar-refractivity contribution in [1.82, 2.24) is 0 Å². The molecule has 2 atom stereocenters. The molecule has 1 aliphatic rings. The van der Waals surface area contributed by atoms with E-state index in [0.717, 1.165) is 10.5 Å². The van der Waals surface area contributed by atoms with Crippen molar-refractivity contribution in [1.29, 1.82) is 0 Å². The molecule has 1 heteroatoms. The summed E-state index contributed by atoms with van der Waals surface area (Å²) < 4.78 is 0. The number of hydrogen-bond donors (Lipinski definition) is 0. The van der Waals surface area contributed by atoms with E-state index in [-0.39, 0.29) is 10.0 Å². The van der Waals surface area contributed by atoms with Gasteiger partial charge in [-0.25, -0.2) is 10.0 Å². The molecule has 10 heavy (non-hydrogen) atoms. The zero-order valence-corrected chi connectivity index (χ0v) is 8.50. The highest BCUT2D eigenvalue weighted by Crippen LogP contribution is 2.59. The first-order valence-corrected chi connectivity index (χ1v) is 6.65. The number of rotatable bonds is 1. The van der Waals surface area contributed by atoms with E-state index in [1.54, 1.807) is 0 Å². The van der Waals surface area contributed by atoms with Crippen LogP contribution in [0.3, 0.4) is 0 Å². The van der Waals surface area contributed by atoms with Crippen LogP contribution in [0.2, 0.25) is 0 Å². The van der Waals surface area contributed by atoms with E-state index in [1.165, 1.54) is 18.6 Å². The highest BCUT2D eigenvalue weighted by atomic mass is 32.3. The summed E-state index contributed by atoms with van der Waals surface area (Å²) in [4.78, 5) is 0. The van der Waals surface area contributed by atoms with Crippen molar-refractivity contribution in [3.05, 3.63) is 0 Å². The zero-order chi connectivity index (χ0) is 7.78. The molecule has 0 nitrogen and oxygen atoms in total. The summed E-state index contributed by atoms with van der Waals surface area (Å²) in [6.07, 6.45) is 5.52. The Balaban J connectivity index is 2.66. The third kappa shape index (κ3) is 1.20. The van der Waals surface area contributed by atoms with Crippen LogP contribution in [0, 0.1) is 0 Å². The zero-order valence-electron chi connectivity index (χ0n) is 7.68. The average Bonchev–Trinajstić information content (AvgIpc) is 2.15. The molecular weight excluding hydrogens is 140 g/mol. The largest absolute Gasteiger partial charge is 0.239 e. The Kier molecular flexibility index (Phi) is 2.34. The first-order chi connectivity index (χ1) is 4.57. The van der Waals surface area contributed by atoms with Gasteiger partial charge < -0.3 is 0 Å². The maximum absolute atomic E-state index is 2.54. The van der Waals surface area contributed by atoms with Crippen LogP contribution in [0.4, 0.5) is 0 Å². The summed E-state index contributed by atoms with van der Waals surface area (Å²) >= 11 is 0. The normalized spacial score (nSPS) is 47.5. The molecule has 1 saturated heterocycles. The Morgan fingerprint density at radius 1 is 1.40 bits per heavy atom. The molecule has 62 valence electrons. The quantitative estimate of drug-likeness (QED) is 0.553. The van der Waals surface area contributed by atoms with Crippen molar-refractivity contribution in [3.8, 4) is 0 Å². The summed E-state index contributed by atoms with van der Waals surface area (Å²) in [5, 5.41) is 1.98. The van der Waals surface area contributed by atoms with Gasteiger partial charge in [-0.3, -0.25) is 0 Å². The van der Waals surface area contributed by atoms with Crippen LogP contribution in [0.25, 0.3) is 0 Å². The molecule has 1 unspecified atom stereocenters. The molecule has 0 radical (unpaired) electrons. The minimum atomic E-state index is -0.199. The molecule has 0 aromatic heterocycles. The second-order valence-corrected chi connectivity index (χ2v) is 8.55. The molecule has 1 rings (SSSR count). The number of hydrogen-bond acceptors (Lipinski definition) is 0. The van der Waals surface area contributed by atoms with Crippen LogP contribution in [-0.4, -0.2) is 22.5 Å². The third-order valence-electron chi connectivity index (χ3n) is 3.19. The minimum absolute atomic E-state index is 0.199. The molecule has 0 aromatic rings. The summed E-state index contributed by atoms with van der Waals surface area (Å²) in [7, 11) is -0.199. The average molecular weight is 160 g/mol. The first kappa shape index (κ1) is 8.45. The van der Waals surface area contributed by atoms with E-state index in [1.807, 2.05) is 0 Å². The molecule has 0 aromatic carbocycles. The van der Waals surface area contributed by atoms with Crippen molar-refractivity contribution in [2.24, 2.45) is 0 Å². The van der Waals surface area contributed by atoms with Crippen molar-refractivity contribution in [2.45, 2.75) is 44.1 Å². The molecule has 1 fully saturated rings. The first-order valence-electron chi connectivity index (χ1n) is 4.31. The Labute approximate surface area is 66.7 Å².